The number of aliphatic hydroxyl groups is 1. The fourth-order valence-electron chi connectivity index (χ4n) is 1.17. The molecule has 2 N–H and O–H groups in total. The van der Waals surface area contributed by atoms with Crippen molar-refractivity contribution in [2.75, 3.05) is 13.2 Å². The summed E-state index contributed by atoms with van der Waals surface area (Å²) in [5.74, 6) is -0.126. The minimum absolute atomic E-state index is 0.0913. The molecule has 1 aromatic rings. The van der Waals surface area contributed by atoms with Crippen LogP contribution in [0.1, 0.15) is 19.5 Å². The second kappa shape index (κ2) is 4.84. The van der Waals surface area contributed by atoms with E-state index in [9.17, 15) is 9.90 Å². The fourth-order valence-corrected chi connectivity index (χ4v) is 1.17. The zero-order valence-electron chi connectivity index (χ0n) is 8.90. The zero-order chi connectivity index (χ0) is 11.3. The third-order valence-corrected chi connectivity index (χ3v) is 2.27. The lowest BCUT2D eigenvalue weighted by molar-refractivity contribution is -0.119. The summed E-state index contributed by atoms with van der Waals surface area (Å²) in [5, 5.41) is 19.7. The molecule has 1 heterocycles. The zero-order valence-corrected chi connectivity index (χ0v) is 8.90. The van der Waals surface area contributed by atoms with Gasteiger partial charge in [0, 0.05) is 19.7 Å². The standard InChI is InChI=1S/C10H15N3O2/c1-8(15)11-6-10(2,7-14)9-4-3-5-12-13-9/h3-5,14H,6-7H2,1-2H3,(H,11,15). The summed E-state index contributed by atoms with van der Waals surface area (Å²) in [5.41, 5.74) is 0.0844. The van der Waals surface area contributed by atoms with E-state index in [1.807, 2.05) is 6.92 Å². The molecule has 0 radical (unpaired) electrons. The summed E-state index contributed by atoms with van der Waals surface area (Å²) in [6.45, 7) is 3.52. The largest absolute Gasteiger partial charge is 0.395 e. The van der Waals surface area contributed by atoms with Gasteiger partial charge in [-0.15, -0.1) is 0 Å². The van der Waals surface area contributed by atoms with Crippen LogP contribution in [0.2, 0.25) is 0 Å². The van der Waals surface area contributed by atoms with Gasteiger partial charge in [-0.2, -0.15) is 10.2 Å². The van der Waals surface area contributed by atoms with Gasteiger partial charge in [0.05, 0.1) is 17.7 Å². The van der Waals surface area contributed by atoms with E-state index in [-0.39, 0.29) is 12.5 Å². The van der Waals surface area contributed by atoms with Gasteiger partial charge in [0.2, 0.25) is 5.91 Å². The van der Waals surface area contributed by atoms with Crippen LogP contribution >= 0.6 is 0 Å². The van der Waals surface area contributed by atoms with Crippen molar-refractivity contribution in [3.63, 3.8) is 0 Å². The number of nitrogens with zero attached hydrogens (tertiary/aromatic N) is 2. The molecule has 1 unspecified atom stereocenters. The average Bonchev–Trinajstić information content (AvgIpc) is 2.27. The van der Waals surface area contributed by atoms with Crippen LogP contribution in [0.15, 0.2) is 18.3 Å². The maximum atomic E-state index is 10.8. The van der Waals surface area contributed by atoms with E-state index >= 15 is 0 Å². The third kappa shape index (κ3) is 2.99. The number of hydrogen-bond donors (Lipinski definition) is 2. The molecule has 0 fully saturated rings. The predicted molar refractivity (Wildman–Crippen MR) is 55.2 cm³/mol. The second-order valence-corrected chi connectivity index (χ2v) is 3.74. The van der Waals surface area contributed by atoms with Crippen molar-refractivity contribution in [3.05, 3.63) is 24.0 Å². The minimum atomic E-state index is -0.583. The summed E-state index contributed by atoms with van der Waals surface area (Å²) in [6.07, 6.45) is 1.57. The Morgan fingerprint density at radius 2 is 2.40 bits per heavy atom. The lowest BCUT2D eigenvalue weighted by Gasteiger charge is -2.25. The van der Waals surface area contributed by atoms with E-state index in [2.05, 4.69) is 15.5 Å². The molecule has 0 aliphatic heterocycles. The second-order valence-electron chi connectivity index (χ2n) is 3.74. The molecule has 0 aliphatic carbocycles. The first-order chi connectivity index (χ1) is 7.08. The molecular weight excluding hydrogens is 194 g/mol. The molecule has 1 rings (SSSR count). The Morgan fingerprint density at radius 3 is 2.87 bits per heavy atom. The van der Waals surface area contributed by atoms with Gasteiger partial charge < -0.3 is 10.4 Å². The summed E-state index contributed by atoms with van der Waals surface area (Å²) >= 11 is 0. The van der Waals surface area contributed by atoms with Crippen LogP contribution in [0.25, 0.3) is 0 Å². The van der Waals surface area contributed by atoms with E-state index in [1.165, 1.54) is 6.92 Å². The molecule has 1 aromatic heterocycles. The van der Waals surface area contributed by atoms with Gasteiger partial charge in [0.15, 0.2) is 0 Å². The maximum Gasteiger partial charge on any atom is 0.216 e. The van der Waals surface area contributed by atoms with Gasteiger partial charge in [0.1, 0.15) is 0 Å². The molecule has 15 heavy (non-hydrogen) atoms. The highest BCUT2D eigenvalue weighted by Crippen LogP contribution is 2.19. The Hall–Kier alpha value is -1.49. The molecule has 0 saturated carbocycles. The SMILES string of the molecule is CC(=O)NCC(C)(CO)c1cccnn1. The number of carbonyl (C=O) groups is 1. The Bertz CT molecular complexity index is 329. The van der Waals surface area contributed by atoms with Crippen molar-refractivity contribution < 1.29 is 9.90 Å². The molecule has 0 spiro atoms. The molecule has 82 valence electrons. The predicted octanol–water partition coefficient (Wildman–Crippen LogP) is -0.137. The summed E-state index contributed by atoms with van der Waals surface area (Å²) in [6, 6.07) is 3.54. The fraction of sp³-hybridized carbons (Fsp3) is 0.500. The molecule has 0 aliphatic rings. The lowest BCUT2D eigenvalue weighted by atomic mass is 9.87. The van der Waals surface area contributed by atoms with Crippen LogP contribution in [0, 0.1) is 0 Å². The van der Waals surface area contributed by atoms with Crippen LogP contribution < -0.4 is 5.32 Å². The summed E-state index contributed by atoms with van der Waals surface area (Å²) in [4.78, 5) is 10.8. The third-order valence-electron chi connectivity index (χ3n) is 2.27. The Kier molecular flexibility index (Phi) is 3.74. The van der Waals surface area contributed by atoms with Crippen molar-refractivity contribution in [2.45, 2.75) is 19.3 Å². The number of carbonyl (C=O) groups excluding carboxylic acids is 1. The molecule has 1 amide bonds. The van der Waals surface area contributed by atoms with Crippen LogP contribution in [0.4, 0.5) is 0 Å². The molecule has 0 saturated heterocycles. The first kappa shape index (κ1) is 11.6. The number of amides is 1. The van der Waals surface area contributed by atoms with Gasteiger partial charge in [-0.05, 0) is 12.1 Å². The maximum absolute atomic E-state index is 10.8. The van der Waals surface area contributed by atoms with Crippen molar-refractivity contribution in [3.8, 4) is 0 Å². The summed E-state index contributed by atoms with van der Waals surface area (Å²) in [7, 11) is 0. The molecule has 0 bridgehead atoms. The Balaban J connectivity index is 2.80. The Labute approximate surface area is 88.5 Å². The van der Waals surface area contributed by atoms with Gasteiger partial charge >= 0.3 is 0 Å². The topological polar surface area (TPSA) is 75.1 Å². The molecule has 1 atom stereocenters. The number of aliphatic hydroxyl groups excluding tert-OH is 1. The number of hydrogen-bond acceptors (Lipinski definition) is 4. The first-order valence-electron chi connectivity index (χ1n) is 4.72. The smallest absolute Gasteiger partial charge is 0.216 e. The summed E-state index contributed by atoms with van der Waals surface area (Å²) < 4.78 is 0. The van der Waals surface area contributed by atoms with E-state index < -0.39 is 5.41 Å². The Morgan fingerprint density at radius 1 is 1.67 bits per heavy atom. The number of rotatable bonds is 4. The average molecular weight is 209 g/mol. The minimum Gasteiger partial charge on any atom is -0.395 e. The highest BCUT2D eigenvalue weighted by Gasteiger charge is 2.27. The number of nitrogens with one attached hydrogen (secondary N) is 1. The van der Waals surface area contributed by atoms with Crippen LogP contribution in [0.3, 0.4) is 0 Å². The quantitative estimate of drug-likeness (QED) is 0.724. The highest BCUT2D eigenvalue weighted by molar-refractivity contribution is 5.72. The van der Waals surface area contributed by atoms with Crippen molar-refractivity contribution in [1.29, 1.82) is 0 Å². The van der Waals surface area contributed by atoms with Gasteiger partial charge in [-0.1, -0.05) is 6.92 Å². The number of aromatic nitrogens is 2. The lowest BCUT2D eigenvalue weighted by Crippen LogP contribution is -2.41. The van der Waals surface area contributed by atoms with Gasteiger partial charge in [0.25, 0.3) is 0 Å². The van der Waals surface area contributed by atoms with E-state index in [0.717, 1.165) is 0 Å². The van der Waals surface area contributed by atoms with Crippen molar-refractivity contribution in [1.82, 2.24) is 15.5 Å². The van der Waals surface area contributed by atoms with Gasteiger partial charge in [-0.25, -0.2) is 0 Å². The molecular formula is C10H15N3O2. The van der Waals surface area contributed by atoms with E-state index in [0.29, 0.717) is 12.2 Å². The normalized spacial score (nSPS) is 14.3. The molecule has 5 nitrogen and oxygen atoms in total. The van der Waals surface area contributed by atoms with Crippen molar-refractivity contribution in [2.24, 2.45) is 0 Å². The monoisotopic (exact) mass is 209 g/mol. The van der Waals surface area contributed by atoms with Crippen molar-refractivity contribution >= 4 is 5.91 Å². The van der Waals surface area contributed by atoms with Crippen LogP contribution in [-0.2, 0) is 10.2 Å². The molecule has 5 heteroatoms. The highest BCUT2D eigenvalue weighted by atomic mass is 16.3. The van der Waals surface area contributed by atoms with E-state index in [1.54, 1.807) is 18.3 Å². The van der Waals surface area contributed by atoms with Crippen LogP contribution in [-0.4, -0.2) is 34.4 Å². The van der Waals surface area contributed by atoms with Gasteiger partial charge in [-0.3, -0.25) is 4.79 Å². The van der Waals surface area contributed by atoms with Crippen LogP contribution in [0.5, 0.6) is 0 Å². The first-order valence-corrected chi connectivity index (χ1v) is 4.72. The molecule has 0 aromatic carbocycles. The van der Waals surface area contributed by atoms with E-state index in [4.69, 9.17) is 0 Å².